The molecule has 3 nitrogen and oxygen atoms in total. The second-order valence-corrected chi connectivity index (χ2v) is 5.99. The molecular weight excluding hydrogens is 316 g/mol. The first-order valence-electron chi connectivity index (χ1n) is 6.83. The van der Waals surface area contributed by atoms with Gasteiger partial charge in [0, 0.05) is 36.5 Å². The van der Waals surface area contributed by atoms with Crippen LogP contribution in [0.5, 0.6) is 5.75 Å². The highest BCUT2D eigenvalue weighted by Crippen LogP contribution is 2.21. The number of hydrogen-bond acceptors (Lipinski definition) is 3. The molecule has 1 fully saturated rings. The van der Waals surface area contributed by atoms with Crippen molar-refractivity contribution in [3.63, 3.8) is 0 Å². The van der Waals surface area contributed by atoms with Gasteiger partial charge in [0.1, 0.15) is 11.9 Å². The predicted octanol–water partition coefficient (Wildman–Crippen LogP) is 3.50. The molecule has 1 saturated heterocycles. The fourth-order valence-electron chi connectivity index (χ4n) is 2.49. The van der Waals surface area contributed by atoms with Crippen LogP contribution < -0.4 is 4.74 Å². The minimum absolute atomic E-state index is 0.290. The molecule has 104 valence electrons. The Kier molecular flexibility index (Phi) is 4.33. The third-order valence-electron chi connectivity index (χ3n) is 3.50. The lowest BCUT2D eigenvalue weighted by Crippen LogP contribution is -2.24. The van der Waals surface area contributed by atoms with Crippen molar-refractivity contribution < 1.29 is 4.74 Å². The number of benzene rings is 1. The van der Waals surface area contributed by atoms with Gasteiger partial charge in [0.05, 0.1) is 0 Å². The molecular formula is C16H17BrN2O. The second kappa shape index (κ2) is 6.37. The molecule has 3 rings (SSSR count). The molecule has 0 bridgehead atoms. The maximum absolute atomic E-state index is 6.02. The summed E-state index contributed by atoms with van der Waals surface area (Å²) in [5, 5.41) is 0. The van der Waals surface area contributed by atoms with Crippen LogP contribution in [0.2, 0.25) is 0 Å². The van der Waals surface area contributed by atoms with Crippen molar-refractivity contribution in [1.29, 1.82) is 0 Å². The first kappa shape index (κ1) is 13.6. The van der Waals surface area contributed by atoms with Crippen LogP contribution in [0.3, 0.4) is 0 Å². The Morgan fingerprint density at radius 3 is 2.65 bits per heavy atom. The van der Waals surface area contributed by atoms with Gasteiger partial charge in [-0.3, -0.25) is 9.88 Å². The van der Waals surface area contributed by atoms with Crippen LogP contribution in [0.1, 0.15) is 12.0 Å². The summed E-state index contributed by atoms with van der Waals surface area (Å²) < 4.78 is 7.10. The number of likely N-dealkylation sites (tertiary alicyclic amines) is 1. The Labute approximate surface area is 127 Å². The van der Waals surface area contributed by atoms with Gasteiger partial charge < -0.3 is 4.74 Å². The molecule has 4 heteroatoms. The fourth-order valence-corrected chi connectivity index (χ4v) is 2.75. The van der Waals surface area contributed by atoms with Gasteiger partial charge in [0.25, 0.3) is 0 Å². The summed E-state index contributed by atoms with van der Waals surface area (Å²) in [6, 6.07) is 12.2. The van der Waals surface area contributed by atoms with Gasteiger partial charge in [0.15, 0.2) is 0 Å². The zero-order valence-electron chi connectivity index (χ0n) is 11.2. The van der Waals surface area contributed by atoms with E-state index in [0.29, 0.717) is 0 Å². The number of pyridine rings is 1. The van der Waals surface area contributed by atoms with E-state index < -0.39 is 0 Å². The minimum Gasteiger partial charge on any atom is -0.489 e. The molecule has 2 aromatic rings. The smallest absolute Gasteiger partial charge is 0.119 e. The average molecular weight is 333 g/mol. The van der Waals surface area contributed by atoms with Crippen LogP contribution in [-0.4, -0.2) is 29.1 Å². The Morgan fingerprint density at radius 1 is 1.15 bits per heavy atom. The first-order valence-corrected chi connectivity index (χ1v) is 7.62. The third-order valence-corrected chi connectivity index (χ3v) is 4.03. The molecule has 0 amide bonds. The third kappa shape index (κ3) is 3.58. The Morgan fingerprint density at radius 2 is 1.90 bits per heavy atom. The highest BCUT2D eigenvalue weighted by atomic mass is 79.9. The van der Waals surface area contributed by atoms with Crippen molar-refractivity contribution in [3.05, 3.63) is 58.8 Å². The summed E-state index contributed by atoms with van der Waals surface area (Å²) in [6.45, 7) is 3.05. The van der Waals surface area contributed by atoms with Crippen molar-refractivity contribution >= 4 is 15.9 Å². The highest BCUT2D eigenvalue weighted by molar-refractivity contribution is 9.10. The summed E-state index contributed by atoms with van der Waals surface area (Å²) in [6.07, 6.45) is 5.07. The monoisotopic (exact) mass is 332 g/mol. The molecule has 0 saturated carbocycles. The van der Waals surface area contributed by atoms with Gasteiger partial charge in [-0.2, -0.15) is 0 Å². The molecule has 1 unspecified atom stereocenters. The summed E-state index contributed by atoms with van der Waals surface area (Å²) >= 11 is 3.44. The van der Waals surface area contributed by atoms with Crippen molar-refractivity contribution in [3.8, 4) is 5.75 Å². The fraction of sp³-hybridized carbons (Fsp3) is 0.312. The lowest BCUT2D eigenvalue weighted by atomic mass is 10.2. The average Bonchev–Trinajstić information content (AvgIpc) is 2.90. The summed E-state index contributed by atoms with van der Waals surface area (Å²) in [7, 11) is 0. The topological polar surface area (TPSA) is 25.4 Å². The highest BCUT2D eigenvalue weighted by Gasteiger charge is 2.23. The van der Waals surface area contributed by atoms with Gasteiger partial charge in [0.2, 0.25) is 0 Å². The van der Waals surface area contributed by atoms with E-state index in [9.17, 15) is 0 Å². The molecule has 0 aliphatic carbocycles. The maximum atomic E-state index is 6.02. The number of aromatic nitrogens is 1. The summed E-state index contributed by atoms with van der Waals surface area (Å²) in [5.74, 6) is 0.948. The maximum Gasteiger partial charge on any atom is 0.119 e. The van der Waals surface area contributed by atoms with Crippen LogP contribution >= 0.6 is 15.9 Å². The van der Waals surface area contributed by atoms with Gasteiger partial charge in [-0.15, -0.1) is 0 Å². The Bertz CT molecular complexity index is 544. The second-order valence-electron chi connectivity index (χ2n) is 5.07. The standard InChI is InChI=1S/C16H17BrN2O/c17-14-1-3-15(4-2-14)20-16-7-10-19(12-16)11-13-5-8-18-9-6-13/h1-6,8-9,16H,7,10-12H2. The van der Waals surface area contributed by atoms with E-state index in [1.54, 1.807) is 0 Å². The zero-order chi connectivity index (χ0) is 13.8. The molecule has 0 spiro atoms. The number of hydrogen-bond donors (Lipinski definition) is 0. The van der Waals surface area contributed by atoms with E-state index >= 15 is 0 Å². The lowest BCUT2D eigenvalue weighted by molar-refractivity contribution is 0.198. The molecule has 0 radical (unpaired) electrons. The zero-order valence-corrected chi connectivity index (χ0v) is 12.8. The van der Waals surface area contributed by atoms with Crippen LogP contribution in [0.25, 0.3) is 0 Å². The van der Waals surface area contributed by atoms with Crippen molar-refractivity contribution in [1.82, 2.24) is 9.88 Å². The van der Waals surface area contributed by atoms with Gasteiger partial charge in [-0.25, -0.2) is 0 Å². The van der Waals surface area contributed by atoms with E-state index in [1.165, 1.54) is 5.56 Å². The number of nitrogens with zero attached hydrogens (tertiary/aromatic N) is 2. The van der Waals surface area contributed by atoms with E-state index in [0.717, 1.165) is 36.3 Å². The molecule has 1 atom stereocenters. The largest absolute Gasteiger partial charge is 0.489 e. The van der Waals surface area contributed by atoms with Crippen LogP contribution in [0, 0.1) is 0 Å². The molecule has 1 aromatic heterocycles. The number of rotatable bonds is 4. The van der Waals surface area contributed by atoms with Crippen LogP contribution in [-0.2, 0) is 6.54 Å². The Hall–Kier alpha value is -1.39. The van der Waals surface area contributed by atoms with Gasteiger partial charge in [-0.1, -0.05) is 15.9 Å². The molecule has 20 heavy (non-hydrogen) atoms. The SMILES string of the molecule is Brc1ccc(OC2CCN(Cc3ccncc3)C2)cc1. The normalized spacial score (nSPS) is 19.1. The van der Waals surface area contributed by atoms with Crippen LogP contribution in [0.4, 0.5) is 0 Å². The first-order chi connectivity index (χ1) is 9.79. The van der Waals surface area contributed by atoms with Gasteiger partial charge in [-0.05, 0) is 48.4 Å². The van der Waals surface area contributed by atoms with Gasteiger partial charge >= 0.3 is 0 Å². The van der Waals surface area contributed by atoms with Crippen molar-refractivity contribution in [2.75, 3.05) is 13.1 Å². The summed E-state index contributed by atoms with van der Waals surface area (Å²) in [4.78, 5) is 6.48. The summed E-state index contributed by atoms with van der Waals surface area (Å²) in [5.41, 5.74) is 1.31. The van der Waals surface area contributed by atoms with E-state index in [-0.39, 0.29) is 6.10 Å². The van der Waals surface area contributed by atoms with Crippen molar-refractivity contribution in [2.45, 2.75) is 19.1 Å². The quantitative estimate of drug-likeness (QED) is 0.856. The molecule has 1 aromatic carbocycles. The van der Waals surface area contributed by atoms with Crippen molar-refractivity contribution in [2.24, 2.45) is 0 Å². The number of halogens is 1. The lowest BCUT2D eigenvalue weighted by Gasteiger charge is -2.17. The molecule has 1 aliphatic rings. The van der Waals surface area contributed by atoms with E-state index in [2.05, 4.69) is 37.9 Å². The molecule has 0 N–H and O–H groups in total. The Balaban J connectivity index is 1.53. The van der Waals surface area contributed by atoms with E-state index in [4.69, 9.17) is 4.74 Å². The molecule has 2 heterocycles. The molecule has 1 aliphatic heterocycles. The van der Waals surface area contributed by atoms with Crippen LogP contribution in [0.15, 0.2) is 53.3 Å². The minimum atomic E-state index is 0.290. The number of ether oxygens (including phenoxy) is 1. The van der Waals surface area contributed by atoms with E-state index in [1.807, 2.05) is 36.7 Å². The predicted molar refractivity (Wildman–Crippen MR) is 82.7 cm³/mol.